The molecule has 1 atom stereocenters. The van der Waals surface area contributed by atoms with Crippen LogP contribution in [0.1, 0.15) is 48.0 Å². The van der Waals surface area contributed by atoms with Crippen molar-refractivity contribution in [1.29, 1.82) is 0 Å². The summed E-state index contributed by atoms with van der Waals surface area (Å²) in [6.07, 6.45) is 6.61. The number of aliphatic hydroxyl groups is 1. The molecule has 2 N–H and O–H groups in total. The molecule has 0 aromatic heterocycles. The maximum Gasteiger partial charge on any atom is 0.253 e. The molecule has 0 saturated carbocycles. The molecule has 0 aliphatic carbocycles. The Morgan fingerprint density at radius 2 is 1.72 bits per heavy atom. The number of aryl methyl sites for hydroxylation is 1. The Morgan fingerprint density at radius 3 is 2.44 bits per heavy atom. The molecule has 2 fully saturated rings. The van der Waals surface area contributed by atoms with Crippen molar-refractivity contribution in [2.75, 3.05) is 44.2 Å². The standard InChI is InChI=1S/C27H37N3O2/c31-21-23-9-5-17-30(20-23)27(32)24-10-12-26(13-11-24)29-18-14-25(15-19-29)28-16-4-8-22-6-2-1-3-7-22/h1-3,6-7,10-13,23,25,28,31H,4-5,8-9,14-21H2/t23-/m1/s1. The summed E-state index contributed by atoms with van der Waals surface area (Å²) in [5, 5.41) is 13.2. The highest BCUT2D eigenvalue weighted by Crippen LogP contribution is 2.23. The Balaban J connectivity index is 1.19. The molecule has 4 rings (SSSR count). The number of likely N-dealkylation sites (tertiary alicyclic amines) is 1. The van der Waals surface area contributed by atoms with Crippen LogP contribution in [0.4, 0.5) is 5.69 Å². The van der Waals surface area contributed by atoms with E-state index in [4.69, 9.17) is 0 Å². The van der Waals surface area contributed by atoms with Crippen LogP contribution in [-0.4, -0.2) is 61.3 Å². The summed E-state index contributed by atoms with van der Waals surface area (Å²) in [5.41, 5.74) is 3.37. The molecular formula is C27H37N3O2. The lowest BCUT2D eigenvalue weighted by Gasteiger charge is -2.34. The van der Waals surface area contributed by atoms with Gasteiger partial charge < -0.3 is 20.2 Å². The number of hydrogen-bond acceptors (Lipinski definition) is 4. The molecule has 2 heterocycles. The normalized spacial score (nSPS) is 19.8. The van der Waals surface area contributed by atoms with Crippen LogP contribution >= 0.6 is 0 Å². The van der Waals surface area contributed by atoms with E-state index in [1.54, 1.807) is 0 Å². The summed E-state index contributed by atoms with van der Waals surface area (Å²) in [6, 6.07) is 19.4. The first kappa shape index (κ1) is 22.8. The van der Waals surface area contributed by atoms with E-state index in [0.717, 1.165) is 63.8 Å². The second kappa shape index (κ2) is 11.5. The van der Waals surface area contributed by atoms with Crippen molar-refractivity contribution in [3.05, 3.63) is 65.7 Å². The van der Waals surface area contributed by atoms with Crippen molar-refractivity contribution >= 4 is 11.6 Å². The molecule has 0 unspecified atom stereocenters. The molecule has 0 bridgehead atoms. The van der Waals surface area contributed by atoms with Gasteiger partial charge in [0.2, 0.25) is 0 Å². The lowest BCUT2D eigenvalue weighted by Crippen LogP contribution is -2.43. The molecule has 2 saturated heterocycles. The highest BCUT2D eigenvalue weighted by atomic mass is 16.3. The number of nitrogens with one attached hydrogen (secondary N) is 1. The zero-order chi connectivity index (χ0) is 22.2. The van der Waals surface area contributed by atoms with E-state index in [0.29, 0.717) is 12.6 Å². The maximum atomic E-state index is 12.8. The van der Waals surface area contributed by atoms with Crippen LogP contribution in [0, 0.1) is 5.92 Å². The Morgan fingerprint density at radius 1 is 0.969 bits per heavy atom. The van der Waals surface area contributed by atoms with Crippen LogP contribution in [0.25, 0.3) is 0 Å². The van der Waals surface area contributed by atoms with Gasteiger partial charge in [-0.25, -0.2) is 0 Å². The molecule has 32 heavy (non-hydrogen) atoms. The van der Waals surface area contributed by atoms with Gasteiger partial charge in [-0.2, -0.15) is 0 Å². The summed E-state index contributed by atoms with van der Waals surface area (Å²) >= 11 is 0. The predicted octanol–water partition coefficient (Wildman–Crippen LogP) is 3.72. The van der Waals surface area contributed by atoms with Crippen LogP contribution in [-0.2, 0) is 6.42 Å². The van der Waals surface area contributed by atoms with E-state index < -0.39 is 0 Å². The highest BCUT2D eigenvalue weighted by Gasteiger charge is 2.24. The van der Waals surface area contributed by atoms with Gasteiger partial charge in [-0.1, -0.05) is 30.3 Å². The van der Waals surface area contributed by atoms with E-state index in [9.17, 15) is 9.90 Å². The van der Waals surface area contributed by atoms with Crippen molar-refractivity contribution in [2.24, 2.45) is 5.92 Å². The third-order valence-corrected chi connectivity index (χ3v) is 6.96. The molecule has 0 spiro atoms. The largest absolute Gasteiger partial charge is 0.396 e. The fourth-order valence-corrected chi connectivity index (χ4v) is 4.98. The molecule has 2 aromatic carbocycles. The Hall–Kier alpha value is -2.37. The summed E-state index contributed by atoms with van der Waals surface area (Å²) in [7, 11) is 0. The van der Waals surface area contributed by atoms with Crippen molar-refractivity contribution < 1.29 is 9.90 Å². The van der Waals surface area contributed by atoms with Crippen LogP contribution in [0.2, 0.25) is 0 Å². The lowest BCUT2D eigenvalue weighted by atomic mass is 9.98. The zero-order valence-electron chi connectivity index (χ0n) is 19.1. The Kier molecular flexibility index (Phi) is 8.18. The van der Waals surface area contributed by atoms with Gasteiger partial charge in [0.25, 0.3) is 5.91 Å². The molecule has 2 aliphatic rings. The van der Waals surface area contributed by atoms with Crippen LogP contribution in [0.15, 0.2) is 54.6 Å². The molecule has 5 nitrogen and oxygen atoms in total. The quantitative estimate of drug-likeness (QED) is 0.621. The van der Waals surface area contributed by atoms with Gasteiger partial charge in [0.15, 0.2) is 0 Å². The first-order chi connectivity index (χ1) is 15.7. The number of anilines is 1. The predicted molar refractivity (Wildman–Crippen MR) is 130 cm³/mol. The minimum Gasteiger partial charge on any atom is -0.396 e. The summed E-state index contributed by atoms with van der Waals surface area (Å²) in [6.45, 7) is 4.80. The molecule has 172 valence electrons. The van der Waals surface area contributed by atoms with Gasteiger partial charge in [-0.3, -0.25) is 4.79 Å². The zero-order valence-corrected chi connectivity index (χ0v) is 19.1. The average Bonchev–Trinajstić information content (AvgIpc) is 2.87. The first-order valence-corrected chi connectivity index (χ1v) is 12.3. The second-order valence-electron chi connectivity index (χ2n) is 9.29. The van der Waals surface area contributed by atoms with E-state index in [1.165, 1.54) is 17.7 Å². The van der Waals surface area contributed by atoms with E-state index in [-0.39, 0.29) is 18.4 Å². The van der Waals surface area contributed by atoms with Crippen molar-refractivity contribution in [3.8, 4) is 0 Å². The minimum absolute atomic E-state index is 0.0908. The molecular weight excluding hydrogens is 398 g/mol. The van der Waals surface area contributed by atoms with Crippen molar-refractivity contribution in [2.45, 2.75) is 44.6 Å². The monoisotopic (exact) mass is 435 g/mol. The van der Waals surface area contributed by atoms with Gasteiger partial charge in [0.1, 0.15) is 0 Å². The third kappa shape index (κ3) is 6.11. The summed E-state index contributed by atoms with van der Waals surface area (Å²) in [5.74, 6) is 0.313. The first-order valence-electron chi connectivity index (χ1n) is 12.3. The van der Waals surface area contributed by atoms with Gasteiger partial charge in [-0.15, -0.1) is 0 Å². The average molecular weight is 436 g/mol. The fourth-order valence-electron chi connectivity index (χ4n) is 4.98. The topological polar surface area (TPSA) is 55.8 Å². The van der Waals surface area contributed by atoms with Crippen molar-refractivity contribution in [1.82, 2.24) is 10.2 Å². The Bertz CT molecular complexity index is 832. The number of carbonyl (C=O) groups excluding carboxylic acids is 1. The van der Waals surface area contributed by atoms with Gasteiger partial charge in [0.05, 0.1) is 0 Å². The van der Waals surface area contributed by atoms with Crippen LogP contribution in [0.3, 0.4) is 0 Å². The van der Waals surface area contributed by atoms with E-state index in [1.807, 2.05) is 17.0 Å². The summed E-state index contributed by atoms with van der Waals surface area (Å²) in [4.78, 5) is 17.2. The number of carbonyl (C=O) groups is 1. The molecule has 2 aromatic rings. The Labute approximate surface area is 192 Å². The minimum atomic E-state index is 0.0908. The number of nitrogens with zero attached hydrogens (tertiary/aromatic N) is 2. The lowest BCUT2D eigenvalue weighted by molar-refractivity contribution is 0.0620. The smallest absolute Gasteiger partial charge is 0.253 e. The highest BCUT2D eigenvalue weighted by molar-refractivity contribution is 5.94. The van der Waals surface area contributed by atoms with Crippen LogP contribution < -0.4 is 10.2 Å². The number of amides is 1. The molecule has 1 amide bonds. The van der Waals surface area contributed by atoms with Crippen LogP contribution in [0.5, 0.6) is 0 Å². The molecule has 5 heteroatoms. The fraction of sp³-hybridized carbons (Fsp3) is 0.519. The molecule has 0 radical (unpaired) electrons. The van der Waals surface area contributed by atoms with Gasteiger partial charge in [-0.05, 0) is 80.8 Å². The van der Waals surface area contributed by atoms with Gasteiger partial charge in [0, 0.05) is 50.1 Å². The number of benzene rings is 2. The number of aliphatic hydroxyl groups excluding tert-OH is 1. The molecule has 2 aliphatic heterocycles. The summed E-state index contributed by atoms with van der Waals surface area (Å²) < 4.78 is 0. The van der Waals surface area contributed by atoms with Gasteiger partial charge >= 0.3 is 0 Å². The number of rotatable bonds is 8. The SMILES string of the molecule is O=C(c1ccc(N2CCC(NCCCc3ccccc3)CC2)cc1)N1CCC[C@@H](CO)C1. The number of hydrogen-bond donors (Lipinski definition) is 2. The van der Waals surface area contributed by atoms with Crippen molar-refractivity contribution in [3.63, 3.8) is 0 Å². The third-order valence-electron chi connectivity index (χ3n) is 6.96. The van der Waals surface area contributed by atoms with E-state index in [2.05, 4.69) is 52.7 Å². The maximum absolute atomic E-state index is 12.8. The number of piperidine rings is 2. The second-order valence-corrected chi connectivity index (χ2v) is 9.29. The van der Waals surface area contributed by atoms with E-state index >= 15 is 0 Å².